The van der Waals surface area contributed by atoms with Crippen LogP contribution in [-0.2, 0) is 6.54 Å². The molecule has 2 heterocycles. The Balaban J connectivity index is 1.75. The van der Waals surface area contributed by atoms with Gasteiger partial charge < -0.3 is 5.73 Å². The SMILES string of the molecule is N[C@H]1CCCCCN(Cc2[nH]nc3ccccc23)C1. The summed E-state index contributed by atoms with van der Waals surface area (Å²) in [5.74, 6) is 0. The molecule has 102 valence electrons. The molecule has 19 heavy (non-hydrogen) atoms. The molecule has 0 radical (unpaired) electrons. The number of fused-ring (bicyclic) bond motifs is 1. The fraction of sp³-hybridized carbons (Fsp3) is 0.533. The van der Waals surface area contributed by atoms with E-state index in [1.54, 1.807) is 0 Å². The zero-order valence-electron chi connectivity index (χ0n) is 11.3. The Hall–Kier alpha value is -1.39. The Morgan fingerprint density at radius 2 is 2.16 bits per heavy atom. The Bertz CT molecular complexity index is 534. The molecule has 1 saturated heterocycles. The number of nitrogens with one attached hydrogen (secondary N) is 1. The van der Waals surface area contributed by atoms with Gasteiger partial charge in [-0.05, 0) is 25.5 Å². The van der Waals surface area contributed by atoms with Crippen LogP contribution in [0.3, 0.4) is 0 Å². The van der Waals surface area contributed by atoms with E-state index < -0.39 is 0 Å². The third-order valence-electron chi connectivity index (χ3n) is 3.96. The molecular weight excluding hydrogens is 236 g/mol. The van der Waals surface area contributed by atoms with Gasteiger partial charge in [0, 0.05) is 24.5 Å². The van der Waals surface area contributed by atoms with E-state index in [4.69, 9.17) is 5.73 Å². The molecule has 1 fully saturated rings. The van der Waals surface area contributed by atoms with Crippen molar-refractivity contribution in [3.63, 3.8) is 0 Å². The van der Waals surface area contributed by atoms with Crippen LogP contribution in [0.2, 0.25) is 0 Å². The summed E-state index contributed by atoms with van der Waals surface area (Å²) in [6.07, 6.45) is 5.01. The second kappa shape index (κ2) is 5.72. The number of nitrogens with zero attached hydrogens (tertiary/aromatic N) is 2. The average Bonchev–Trinajstić information content (AvgIpc) is 2.79. The topological polar surface area (TPSA) is 57.9 Å². The van der Waals surface area contributed by atoms with E-state index in [9.17, 15) is 0 Å². The monoisotopic (exact) mass is 258 g/mol. The molecule has 4 nitrogen and oxygen atoms in total. The highest BCUT2D eigenvalue weighted by molar-refractivity contribution is 5.81. The minimum atomic E-state index is 0.314. The van der Waals surface area contributed by atoms with Gasteiger partial charge in [-0.15, -0.1) is 0 Å². The van der Waals surface area contributed by atoms with Crippen molar-refractivity contribution >= 4 is 10.9 Å². The number of likely N-dealkylation sites (tertiary alicyclic amines) is 1. The van der Waals surface area contributed by atoms with Crippen molar-refractivity contribution in [1.29, 1.82) is 0 Å². The maximum Gasteiger partial charge on any atom is 0.0924 e. The first-order valence-electron chi connectivity index (χ1n) is 7.23. The van der Waals surface area contributed by atoms with Crippen LogP contribution in [0.4, 0.5) is 0 Å². The first kappa shape index (κ1) is 12.6. The molecule has 0 spiro atoms. The number of H-pyrrole nitrogens is 1. The van der Waals surface area contributed by atoms with E-state index >= 15 is 0 Å². The van der Waals surface area contributed by atoms with Crippen molar-refractivity contribution in [2.75, 3.05) is 13.1 Å². The minimum Gasteiger partial charge on any atom is -0.327 e. The summed E-state index contributed by atoms with van der Waals surface area (Å²) < 4.78 is 0. The molecule has 1 atom stereocenters. The van der Waals surface area contributed by atoms with E-state index in [0.717, 1.165) is 31.6 Å². The number of hydrogen-bond acceptors (Lipinski definition) is 3. The second-order valence-electron chi connectivity index (χ2n) is 5.56. The molecule has 0 saturated carbocycles. The van der Waals surface area contributed by atoms with Gasteiger partial charge in [0.2, 0.25) is 0 Å². The number of aromatic amines is 1. The van der Waals surface area contributed by atoms with Crippen LogP contribution < -0.4 is 5.73 Å². The van der Waals surface area contributed by atoms with Crippen LogP contribution in [0.15, 0.2) is 24.3 Å². The molecule has 4 heteroatoms. The number of hydrogen-bond donors (Lipinski definition) is 2. The molecule has 0 bridgehead atoms. The summed E-state index contributed by atoms with van der Waals surface area (Å²) in [5.41, 5.74) is 8.43. The molecular formula is C15H22N4. The quantitative estimate of drug-likeness (QED) is 0.868. The van der Waals surface area contributed by atoms with Crippen LogP contribution in [0.25, 0.3) is 10.9 Å². The van der Waals surface area contributed by atoms with Gasteiger partial charge in [-0.2, -0.15) is 5.10 Å². The van der Waals surface area contributed by atoms with E-state index in [-0.39, 0.29) is 0 Å². The lowest BCUT2D eigenvalue weighted by Gasteiger charge is -2.27. The average molecular weight is 258 g/mol. The van der Waals surface area contributed by atoms with Crippen LogP contribution >= 0.6 is 0 Å². The van der Waals surface area contributed by atoms with Crippen LogP contribution in [-0.4, -0.2) is 34.2 Å². The first-order valence-corrected chi connectivity index (χ1v) is 7.23. The zero-order chi connectivity index (χ0) is 13.1. The Labute approximate surface area is 114 Å². The fourth-order valence-corrected chi connectivity index (χ4v) is 2.93. The normalized spacial score (nSPS) is 22.3. The summed E-state index contributed by atoms with van der Waals surface area (Å²) in [4.78, 5) is 2.46. The molecule has 1 aliphatic rings. The molecule has 2 aromatic rings. The number of nitrogens with two attached hydrogens (primary N) is 1. The number of benzene rings is 1. The van der Waals surface area contributed by atoms with Gasteiger partial charge in [0.1, 0.15) is 0 Å². The van der Waals surface area contributed by atoms with E-state index in [1.165, 1.54) is 30.3 Å². The molecule has 0 unspecified atom stereocenters. The lowest BCUT2D eigenvalue weighted by Crippen LogP contribution is -2.39. The molecule has 0 aliphatic carbocycles. The molecule has 1 aromatic heterocycles. The largest absolute Gasteiger partial charge is 0.327 e. The lowest BCUT2D eigenvalue weighted by molar-refractivity contribution is 0.222. The van der Waals surface area contributed by atoms with Gasteiger partial charge in [-0.3, -0.25) is 10.00 Å². The van der Waals surface area contributed by atoms with Crippen LogP contribution in [0.1, 0.15) is 31.4 Å². The first-order chi connectivity index (χ1) is 9.33. The van der Waals surface area contributed by atoms with E-state index in [1.807, 2.05) is 6.07 Å². The standard InChI is InChI=1S/C15H22N4/c16-12-6-2-1-5-9-19(10-12)11-15-13-7-3-4-8-14(13)17-18-15/h3-4,7-8,12H,1-2,5-6,9-11,16H2,(H,17,18)/t12-/m0/s1. The van der Waals surface area contributed by atoms with Crippen molar-refractivity contribution in [1.82, 2.24) is 15.1 Å². The summed E-state index contributed by atoms with van der Waals surface area (Å²) >= 11 is 0. The van der Waals surface area contributed by atoms with E-state index in [0.29, 0.717) is 6.04 Å². The molecule has 1 aliphatic heterocycles. The predicted octanol–water partition coefficient (Wildman–Crippen LogP) is 2.27. The third kappa shape index (κ3) is 2.96. The van der Waals surface area contributed by atoms with Gasteiger partial charge in [-0.25, -0.2) is 0 Å². The van der Waals surface area contributed by atoms with Gasteiger partial charge in [0.25, 0.3) is 0 Å². The predicted molar refractivity (Wildman–Crippen MR) is 77.8 cm³/mol. The van der Waals surface area contributed by atoms with Gasteiger partial charge in [0.15, 0.2) is 0 Å². The third-order valence-corrected chi connectivity index (χ3v) is 3.96. The highest BCUT2D eigenvalue weighted by atomic mass is 15.2. The van der Waals surface area contributed by atoms with Crippen molar-refractivity contribution in [3.8, 4) is 0 Å². The highest BCUT2D eigenvalue weighted by Gasteiger charge is 2.15. The molecule has 1 aromatic carbocycles. The van der Waals surface area contributed by atoms with Gasteiger partial charge in [-0.1, -0.05) is 31.0 Å². The Kier molecular flexibility index (Phi) is 3.80. The fourth-order valence-electron chi connectivity index (χ4n) is 2.93. The molecule has 0 amide bonds. The van der Waals surface area contributed by atoms with Gasteiger partial charge >= 0.3 is 0 Å². The summed E-state index contributed by atoms with van der Waals surface area (Å²) in [5, 5.41) is 8.78. The zero-order valence-corrected chi connectivity index (χ0v) is 11.3. The van der Waals surface area contributed by atoms with Crippen LogP contribution in [0, 0.1) is 0 Å². The number of aromatic nitrogens is 2. The Morgan fingerprint density at radius 1 is 1.26 bits per heavy atom. The maximum absolute atomic E-state index is 6.17. The maximum atomic E-state index is 6.17. The second-order valence-corrected chi connectivity index (χ2v) is 5.56. The Morgan fingerprint density at radius 3 is 3.11 bits per heavy atom. The number of para-hydroxylation sites is 1. The number of rotatable bonds is 2. The van der Waals surface area contributed by atoms with Crippen molar-refractivity contribution in [2.24, 2.45) is 5.73 Å². The summed E-state index contributed by atoms with van der Waals surface area (Å²) in [6, 6.07) is 8.60. The summed E-state index contributed by atoms with van der Waals surface area (Å²) in [7, 11) is 0. The minimum absolute atomic E-state index is 0.314. The van der Waals surface area contributed by atoms with Crippen molar-refractivity contribution in [3.05, 3.63) is 30.0 Å². The lowest BCUT2D eigenvalue weighted by atomic mass is 10.0. The summed E-state index contributed by atoms with van der Waals surface area (Å²) in [6.45, 7) is 3.06. The van der Waals surface area contributed by atoms with Crippen molar-refractivity contribution < 1.29 is 0 Å². The van der Waals surface area contributed by atoms with Crippen LogP contribution in [0.5, 0.6) is 0 Å². The highest BCUT2D eigenvalue weighted by Crippen LogP contribution is 2.18. The molecule has 3 N–H and O–H groups in total. The van der Waals surface area contributed by atoms with E-state index in [2.05, 4.69) is 33.3 Å². The smallest absolute Gasteiger partial charge is 0.0924 e. The molecule has 3 rings (SSSR count). The van der Waals surface area contributed by atoms with Crippen molar-refractivity contribution in [2.45, 2.75) is 38.3 Å². The van der Waals surface area contributed by atoms with Gasteiger partial charge in [0.05, 0.1) is 11.2 Å².